The highest BCUT2D eigenvalue weighted by atomic mass is 16.2. The molecule has 3 nitrogen and oxygen atoms in total. The predicted octanol–water partition coefficient (Wildman–Crippen LogP) is 4.89. The molecule has 1 aliphatic rings. The Labute approximate surface area is 135 Å². The first-order chi connectivity index (χ1) is 10.8. The molecule has 0 aromatic heterocycles. The van der Waals surface area contributed by atoms with Gasteiger partial charge in [0.15, 0.2) is 0 Å². The summed E-state index contributed by atoms with van der Waals surface area (Å²) >= 11 is 0. The smallest absolute Gasteiger partial charge is 0.318 e. The van der Waals surface area contributed by atoms with Crippen LogP contribution in [0.1, 0.15) is 70.4 Å². The molecule has 122 valence electrons. The van der Waals surface area contributed by atoms with E-state index < -0.39 is 0 Å². The maximum Gasteiger partial charge on any atom is 0.318 e. The van der Waals surface area contributed by atoms with Crippen molar-refractivity contribution in [1.29, 1.82) is 0 Å². The maximum atomic E-state index is 12.7. The Bertz CT molecular complexity index is 440. The summed E-state index contributed by atoms with van der Waals surface area (Å²) in [6.45, 7) is 5.05. The minimum absolute atomic E-state index is 0.108. The number of carbonyl (C=O) groups excluding carboxylic acids is 1. The highest BCUT2D eigenvalue weighted by molar-refractivity contribution is 5.75. The minimum Gasteiger partial charge on any atom is -0.331 e. The number of benzene rings is 1. The largest absolute Gasteiger partial charge is 0.331 e. The second-order valence-electron chi connectivity index (χ2n) is 6.28. The summed E-state index contributed by atoms with van der Waals surface area (Å²) < 4.78 is 0. The van der Waals surface area contributed by atoms with Crippen LogP contribution in [-0.2, 0) is 0 Å². The fourth-order valence-electron chi connectivity index (χ4n) is 3.49. The molecule has 0 heterocycles. The van der Waals surface area contributed by atoms with Gasteiger partial charge in [-0.2, -0.15) is 0 Å². The van der Waals surface area contributed by atoms with Gasteiger partial charge >= 0.3 is 6.03 Å². The Kier molecular flexibility index (Phi) is 6.75. The Balaban J connectivity index is 2.02. The lowest BCUT2D eigenvalue weighted by Gasteiger charge is -2.35. The molecular formula is C19H30N2O. The standard InChI is InChI=1S/C19H30N2O/c1-3-11-18(16-12-7-5-8-13-16)20-19(22)21(4-2)17-14-9-6-10-15-17/h5,7-8,12-13,17-18H,3-4,6,9-11,14-15H2,1-2H3,(H,20,22). The molecule has 1 aromatic carbocycles. The van der Waals surface area contributed by atoms with Crippen molar-refractivity contribution in [3.63, 3.8) is 0 Å². The second kappa shape index (κ2) is 8.82. The molecule has 1 aliphatic carbocycles. The van der Waals surface area contributed by atoms with Gasteiger partial charge in [-0.05, 0) is 31.7 Å². The zero-order valence-electron chi connectivity index (χ0n) is 14.1. The number of hydrogen-bond acceptors (Lipinski definition) is 1. The lowest BCUT2D eigenvalue weighted by molar-refractivity contribution is 0.156. The van der Waals surface area contributed by atoms with Crippen LogP contribution in [0.15, 0.2) is 30.3 Å². The Morgan fingerprint density at radius 2 is 1.86 bits per heavy atom. The van der Waals surface area contributed by atoms with E-state index in [-0.39, 0.29) is 12.1 Å². The summed E-state index contributed by atoms with van der Waals surface area (Å²) in [5, 5.41) is 3.27. The van der Waals surface area contributed by atoms with E-state index in [9.17, 15) is 4.79 Å². The number of amides is 2. The summed E-state index contributed by atoms with van der Waals surface area (Å²) in [4.78, 5) is 14.8. The normalized spacial score (nSPS) is 17.0. The highest BCUT2D eigenvalue weighted by Crippen LogP contribution is 2.24. The van der Waals surface area contributed by atoms with Gasteiger partial charge in [-0.3, -0.25) is 0 Å². The summed E-state index contributed by atoms with van der Waals surface area (Å²) in [7, 11) is 0. The van der Waals surface area contributed by atoms with Gasteiger partial charge in [-0.1, -0.05) is 62.9 Å². The highest BCUT2D eigenvalue weighted by Gasteiger charge is 2.25. The van der Waals surface area contributed by atoms with E-state index in [2.05, 4.69) is 31.3 Å². The van der Waals surface area contributed by atoms with Gasteiger partial charge in [0.1, 0.15) is 0 Å². The van der Waals surface area contributed by atoms with Gasteiger partial charge in [-0.15, -0.1) is 0 Å². The number of nitrogens with zero attached hydrogens (tertiary/aromatic N) is 1. The van der Waals surface area contributed by atoms with E-state index in [0.29, 0.717) is 6.04 Å². The first-order valence-corrected chi connectivity index (χ1v) is 8.88. The second-order valence-corrected chi connectivity index (χ2v) is 6.28. The molecule has 0 bridgehead atoms. The predicted molar refractivity (Wildman–Crippen MR) is 91.9 cm³/mol. The monoisotopic (exact) mass is 302 g/mol. The van der Waals surface area contributed by atoms with Gasteiger partial charge < -0.3 is 10.2 Å². The molecule has 0 aliphatic heterocycles. The van der Waals surface area contributed by atoms with Crippen molar-refractivity contribution in [2.24, 2.45) is 0 Å². The van der Waals surface area contributed by atoms with Crippen LogP contribution < -0.4 is 5.32 Å². The molecule has 3 heteroatoms. The zero-order chi connectivity index (χ0) is 15.8. The lowest BCUT2D eigenvalue weighted by atomic mass is 9.94. The molecular weight excluding hydrogens is 272 g/mol. The first kappa shape index (κ1) is 16.9. The molecule has 2 rings (SSSR count). The third-order valence-electron chi connectivity index (χ3n) is 4.69. The van der Waals surface area contributed by atoms with Crippen LogP contribution in [0.2, 0.25) is 0 Å². The van der Waals surface area contributed by atoms with Gasteiger partial charge in [-0.25, -0.2) is 4.79 Å². The van der Waals surface area contributed by atoms with Crippen molar-refractivity contribution in [2.45, 2.75) is 70.9 Å². The SMILES string of the molecule is CCCC(NC(=O)N(CC)C1CCCCC1)c1ccccc1. The number of rotatable bonds is 6. The maximum absolute atomic E-state index is 12.7. The van der Waals surface area contributed by atoms with Crippen molar-refractivity contribution in [1.82, 2.24) is 10.2 Å². The molecule has 0 radical (unpaired) electrons. The van der Waals surface area contributed by atoms with E-state index in [0.717, 1.165) is 32.2 Å². The summed E-state index contributed by atoms with van der Waals surface area (Å²) in [5.74, 6) is 0. The van der Waals surface area contributed by atoms with Crippen LogP contribution in [-0.4, -0.2) is 23.5 Å². The molecule has 1 atom stereocenters. The van der Waals surface area contributed by atoms with Crippen LogP contribution in [0, 0.1) is 0 Å². The van der Waals surface area contributed by atoms with Gasteiger partial charge in [0.25, 0.3) is 0 Å². The van der Waals surface area contributed by atoms with Gasteiger partial charge in [0.2, 0.25) is 0 Å². The Morgan fingerprint density at radius 3 is 2.45 bits per heavy atom. The summed E-state index contributed by atoms with van der Waals surface area (Å²) in [6, 6.07) is 11.0. The average Bonchev–Trinajstić information content (AvgIpc) is 2.57. The quantitative estimate of drug-likeness (QED) is 0.797. The van der Waals surface area contributed by atoms with Crippen LogP contribution in [0.25, 0.3) is 0 Å². The van der Waals surface area contributed by atoms with Crippen LogP contribution in [0.3, 0.4) is 0 Å². The first-order valence-electron chi connectivity index (χ1n) is 8.88. The Morgan fingerprint density at radius 1 is 1.18 bits per heavy atom. The molecule has 1 fully saturated rings. The molecule has 1 unspecified atom stereocenters. The lowest BCUT2D eigenvalue weighted by Crippen LogP contribution is -2.47. The summed E-state index contributed by atoms with van der Waals surface area (Å²) in [6.07, 6.45) is 8.19. The molecule has 22 heavy (non-hydrogen) atoms. The average molecular weight is 302 g/mol. The topological polar surface area (TPSA) is 32.3 Å². The molecule has 1 N–H and O–H groups in total. The molecule has 0 saturated heterocycles. The van der Waals surface area contributed by atoms with Crippen LogP contribution in [0.5, 0.6) is 0 Å². The molecule has 0 spiro atoms. The number of hydrogen-bond donors (Lipinski definition) is 1. The number of carbonyl (C=O) groups is 1. The number of nitrogens with one attached hydrogen (secondary N) is 1. The van der Waals surface area contributed by atoms with E-state index in [4.69, 9.17) is 0 Å². The van der Waals surface area contributed by atoms with E-state index in [1.807, 2.05) is 23.1 Å². The van der Waals surface area contributed by atoms with Crippen LogP contribution >= 0.6 is 0 Å². The number of urea groups is 1. The third-order valence-corrected chi connectivity index (χ3v) is 4.69. The minimum atomic E-state index is 0.108. The van der Waals surface area contributed by atoms with Crippen molar-refractivity contribution in [3.05, 3.63) is 35.9 Å². The van der Waals surface area contributed by atoms with E-state index >= 15 is 0 Å². The third kappa shape index (κ3) is 4.49. The Hall–Kier alpha value is -1.51. The fraction of sp³-hybridized carbons (Fsp3) is 0.632. The molecule has 1 aromatic rings. The summed E-state index contributed by atoms with van der Waals surface area (Å²) in [5.41, 5.74) is 1.21. The van der Waals surface area contributed by atoms with Gasteiger partial charge in [0, 0.05) is 12.6 Å². The van der Waals surface area contributed by atoms with Gasteiger partial charge in [0.05, 0.1) is 6.04 Å². The fourth-order valence-corrected chi connectivity index (χ4v) is 3.49. The molecule has 1 saturated carbocycles. The van der Waals surface area contributed by atoms with Crippen molar-refractivity contribution in [3.8, 4) is 0 Å². The molecule has 2 amide bonds. The van der Waals surface area contributed by atoms with Crippen molar-refractivity contribution < 1.29 is 4.79 Å². The van der Waals surface area contributed by atoms with Crippen molar-refractivity contribution in [2.75, 3.05) is 6.54 Å². The zero-order valence-corrected chi connectivity index (χ0v) is 14.1. The van der Waals surface area contributed by atoms with Crippen LogP contribution in [0.4, 0.5) is 4.79 Å². The van der Waals surface area contributed by atoms with Crippen molar-refractivity contribution >= 4 is 6.03 Å². The van der Waals surface area contributed by atoms with E-state index in [1.165, 1.54) is 24.8 Å². The van der Waals surface area contributed by atoms with E-state index in [1.54, 1.807) is 0 Å².